The van der Waals surface area contributed by atoms with Crippen molar-refractivity contribution in [1.29, 1.82) is 0 Å². The van der Waals surface area contributed by atoms with Gasteiger partial charge in [-0.2, -0.15) is 0 Å². The molecule has 2 N–H and O–H groups in total. The van der Waals surface area contributed by atoms with Crippen LogP contribution in [0, 0.1) is 11.8 Å². The molecular weight excluding hydrogens is 460 g/mol. The number of aliphatic hydroxyl groups is 2. The molecule has 35 heavy (non-hydrogen) atoms. The highest BCUT2D eigenvalue weighted by atomic mass is 32.1. The van der Waals surface area contributed by atoms with E-state index >= 15 is 0 Å². The molecule has 1 aromatic heterocycles. The van der Waals surface area contributed by atoms with Crippen LogP contribution in [0.15, 0.2) is 41.2 Å². The van der Waals surface area contributed by atoms with Gasteiger partial charge in [0.05, 0.1) is 12.2 Å². The zero-order valence-corrected chi connectivity index (χ0v) is 21.1. The van der Waals surface area contributed by atoms with E-state index in [2.05, 4.69) is 0 Å². The molecule has 2 aromatic carbocycles. The van der Waals surface area contributed by atoms with Crippen molar-refractivity contribution in [3.05, 3.63) is 46.6 Å². The number of rotatable bonds is 12. The van der Waals surface area contributed by atoms with Crippen molar-refractivity contribution in [2.45, 2.75) is 76.4 Å². The highest BCUT2D eigenvalue weighted by Gasteiger charge is 2.20. The van der Waals surface area contributed by atoms with E-state index in [1.54, 1.807) is 0 Å². The van der Waals surface area contributed by atoms with E-state index in [4.69, 9.17) is 9.47 Å². The Kier molecular flexibility index (Phi) is 7.91. The lowest BCUT2D eigenvalue weighted by Crippen LogP contribution is -2.20. The SMILES string of the molecule is O=c1c2ccc(OCC(O)CCC3CCC3)cc2sc2cc(OCC(O)CCC3CCC3)ccc12. The molecule has 188 valence electrons. The van der Waals surface area contributed by atoms with Crippen LogP contribution in [0.4, 0.5) is 0 Å². The average molecular weight is 497 g/mol. The fraction of sp³-hybridized carbons (Fsp3) is 0.552. The Morgan fingerprint density at radius 1 is 0.771 bits per heavy atom. The first-order valence-corrected chi connectivity index (χ1v) is 14.0. The van der Waals surface area contributed by atoms with Crippen LogP contribution >= 0.6 is 11.3 Å². The molecule has 6 heteroatoms. The van der Waals surface area contributed by atoms with Gasteiger partial charge in [-0.25, -0.2) is 0 Å². The number of hydrogen-bond acceptors (Lipinski definition) is 6. The molecule has 2 unspecified atom stereocenters. The maximum absolute atomic E-state index is 13.1. The molecule has 0 amide bonds. The van der Waals surface area contributed by atoms with Crippen molar-refractivity contribution in [3.63, 3.8) is 0 Å². The van der Waals surface area contributed by atoms with Crippen LogP contribution in [-0.4, -0.2) is 35.6 Å². The molecule has 5 rings (SSSR count). The summed E-state index contributed by atoms with van der Waals surface area (Å²) in [7, 11) is 0. The third-order valence-corrected chi connectivity index (χ3v) is 8.88. The van der Waals surface area contributed by atoms with Gasteiger partial charge in [0.25, 0.3) is 0 Å². The molecule has 0 aliphatic heterocycles. The van der Waals surface area contributed by atoms with Gasteiger partial charge in [-0.3, -0.25) is 4.79 Å². The summed E-state index contributed by atoms with van der Waals surface area (Å²) in [6.07, 6.45) is 10.5. The van der Waals surface area contributed by atoms with Crippen LogP contribution in [0.1, 0.15) is 64.2 Å². The average Bonchev–Trinajstić information content (AvgIpc) is 2.79. The highest BCUT2D eigenvalue weighted by Crippen LogP contribution is 2.33. The number of fused-ring (bicyclic) bond motifs is 2. The molecule has 2 fully saturated rings. The monoisotopic (exact) mass is 496 g/mol. The fourth-order valence-electron chi connectivity index (χ4n) is 4.96. The second-order valence-corrected chi connectivity index (χ2v) is 11.5. The Labute approximate surface area is 210 Å². The summed E-state index contributed by atoms with van der Waals surface area (Å²) in [5.74, 6) is 2.88. The first-order chi connectivity index (χ1) is 17.0. The summed E-state index contributed by atoms with van der Waals surface area (Å²) in [6, 6.07) is 11.0. The fourth-order valence-corrected chi connectivity index (χ4v) is 6.09. The molecule has 1 heterocycles. The van der Waals surface area contributed by atoms with Crippen molar-refractivity contribution in [1.82, 2.24) is 0 Å². The zero-order chi connectivity index (χ0) is 24.2. The number of aliphatic hydroxyl groups excluding tert-OH is 2. The molecular formula is C29H36O5S. The Morgan fingerprint density at radius 2 is 1.23 bits per heavy atom. The second-order valence-electron chi connectivity index (χ2n) is 10.4. The van der Waals surface area contributed by atoms with E-state index in [-0.39, 0.29) is 18.6 Å². The Hall–Kier alpha value is -2.15. The van der Waals surface area contributed by atoms with Crippen molar-refractivity contribution in [3.8, 4) is 11.5 Å². The molecule has 2 saturated carbocycles. The van der Waals surface area contributed by atoms with E-state index in [1.165, 1.54) is 49.9 Å². The van der Waals surface area contributed by atoms with Crippen molar-refractivity contribution in [2.24, 2.45) is 11.8 Å². The van der Waals surface area contributed by atoms with Crippen LogP contribution in [0.5, 0.6) is 11.5 Å². The quantitative estimate of drug-likeness (QED) is 0.298. The predicted octanol–water partition coefficient (Wildman–Crippen LogP) is 6.05. The molecule has 0 saturated heterocycles. The van der Waals surface area contributed by atoms with Gasteiger partial charge in [0.2, 0.25) is 0 Å². The Bertz CT molecular complexity index is 1110. The summed E-state index contributed by atoms with van der Waals surface area (Å²) in [6.45, 7) is 0.531. The molecule has 2 aliphatic rings. The Morgan fingerprint density at radius 3 is 1.63 bits per heavy atom. The van der Waals surface area contributed by atoms with Crippen LogP contribution in [0.25, 0.3) is 20.2 Å². The van der Waals surface area contributed by atoms with Crippen LogP contribution in [-0.2, 0) is 0 Å². The van der Waals surface area contributed by atoms with E-state index in [1.807, 2.05) is 36.4 Å². The zero-order valence-electron chi connectivity index (χ0n) is 20.3. The van der Waals surface area contributed by atoms with Gasteiger partial charge >= 0.3 is 0 Å². The topological polar surface area (TPSA) is 76.0 Å². The standard InChI is InChI=1S/C29H36O5S/c30-21(9-7-19-3-1-4-19)17-33-23-11-13-25-27(15-23)35-28-16-24(12-14-26(28)29(25)32)34-18-22(31)10-8-20-5-2-6-20/h11-16,19-22,30-31H,1-10,17-18H2. The van der Waals surface area contributed by atoms with Crippen LogP contribution in [0.2, 0.25) is 0 Å². The molecule has 3 aromatic rings. The minimum absolute atomic E-state index is 0.00656. The smallest absolute Gasteiger partial charge is 0.195 e. The lowest BCUT2D eigenvalue weighted by molar-refractivity contribution is 0.0885. The third-order valence-electron chi connectivity index (χ3n) is 7.77. The lowest BCUT2D eigenvalue weighted by atomic mass is 9.81. The largest absolute Gasteiger partial charge is 0.491 e. The summed E-state index contributed by atoms with van der Waals surface area (Å²) >= 11 is 1.53. The van der Waals surface area contributed by atoms with Gasteiger partial charge in [0, 0.05) is 20.2 Å². The van der Waals surface area contributed by atoms with Crippen molar-refractivity contribution < 1.29 is 19.7 Å². The van der Waals surface area contributed by atoms with Crippen LogP contribution in [0.3, 0.4) is 0 Å². The van der Waals surface area contributed by atoms with Gasteiger partial charge in [-0.05, 0) is 73.9 Å². The molecule has 0 radical (unpaired) electrons. The summed E-state index contributed by atoms with van der Waals surface area (Å²) in [4.78, 5) is 13.1. The molecule has 2 aliphatic carbocycles. The third kappa shape index (κ3) is 6.16. The molecule has 5 nitrogen and oxygen atoms in total. The summed E-state index contributed by atoms with van der Waals surface area (Å²) < 4.78 is 13.4. The minimum Gasteiger partial charge on any atom is -0.491 e. The predicted molar refractivity (Wildman–Crippen MR) is 142 cm³/mol. The highest BCUT2D eigenvalue weighted by molar-refractivity contribution is 7.24. The van der Waals surface area contributed by atoms with E-state index in [0.717, 1.165) is 46.9 Å². The van der Waals surface area contributed by atoms with Crippen molar-refractivity contribution in [2.75, 3.05) is 13.2 Å². The normalized spacial score (nSPS) is 18.2. The van der Waals surface area contributed by atoms with Gasteiger partial charge in [0.1, 0.15) is 24.7 Å². The van der Waals surface area contributed by atoms with Gasteiger partial charge in [-0.15, -0.1) is 11.3 Å². The maximum Gasteiger partial charge on any atom is 0.195 e. The van der Waals surface area contributed by atoms with E-state index in [9.17, 15) is 15.0 Å². The maximum atomic E-state index is 13.1. The lowest BCUT2D eigenvalue weighted by Gasteiger charge is -2.26. The van der Waals surface area contributed by atoms with E-state index in [0.29, 0.717) is 22.3 Å². The van der Waals surface area contributed by atoms with Crippen LogP contribution < -0.4 is 14.9 Å². The van der Waals surface area contributed by atoms with Gasteiger partial charge in [-0.1, -0.05) is 38.5 Å². The van der Waals surface area contributed by atoms with Gasteiger partial charge in [0.15, 0.2) is 5.43 Å². The molecule has 2 atom stereocenters. The number of benzene rings is 2. The summed E-state index contributed by atoms with van der Waals surface area (Å²) in [5, 5.41) is 21.9. The Balaban J connectivity index is 1.22. The first kappa shape index (κ1) is 24.5. The molecule has 0 bridgehead atoms. The van der Waals surface area contributed by atoms with E-state index < -0.39 is 12.2 Å². The number of ether oxygens (including phenoxy) is 2. The van der Waals surface area contributed by atoms with Gasteiger partial charge < -0.3 is 19.7 Å². The minimum atomic E-state index is -0.467. The first-order valence-electron chi connectivity index (χ1n) is 13.2. The van der Waals surface area contributed by atoms with Crippen molar-refractivity contribution >= 4 is 31.5 Å². The summed E-state index contributed by atoms with van der Waals surface area (Å²) in [5.41, 5.74) is -0.00656. The second kappa shape index (κ2) is 11.3. The number of hydrogen-bond donors (Lipinski definition) is 2. The molecule has 0 spiro atoms.